The van der Waals surface area contributed by atoms with Crippen LogP contribution in [0.5, 0.6) is 5.75 Å². The van der Waals surface area contributed by atoms with Gasteiger partial charge in [-0.3, -0.25) is 9.48 Å². The fourth-order valence-electron chi connectivity index (χ4n) is 3.35. The molecule has 168 valence electrons. The maximum atomic E-state index is 12.1. The molecule has 4 rings (SSSR count). The maximum absolute atomic E-state index is 12.1. The summed E-state index contributed by atoms with van der Waals surface area (Å²) in [5.74, 6) is 1.66. The number of rotatable bonds is 7. The number of hydrogen-bond donors (Lipinski definition) is 2. The molecule has 9 nitrogen and oxygen atoms in total. The van der Waals surface area contributed by atoms with Gasteiger partial charge >= 0.3 is 0 Å². The Balaban J connectivity index is 1.56. The van der Waals surface area contributed by atoms with Crippen molar-refractivity contribution in [2.75, 3.05) is 11.9 Å². The van der Waals surface area contributed by atoms with Gasteiger partial charge in [0.15, 0.2) is 12.4 Å². The zero-order valence-electron chi connectivity index (χ0n) is 18.8. The van der Waals surface area contributed by atoms with Crippen LogP contribution in [-0.2, 0) is 29.3 Å². The summed E-state index contributed by atoms with van der Waals surface area (Å²) in [6.45, 7) is 9.46. The zero-order valence-corrected chi connectivity index (χ0v) is 18.8. The van der Waals surface area contributed by atoms with E-state index in [0.717, 1.165) is 29.1 Å². The lowest BCUT2D eigenvalue weighted by atomic mass is 10.1. The van der Waals surface area contributed by atoms with Crippen molar-refractivity contribution in [3.05, 3.63) is 47.9 Å². The Kier molecular flexibility index (Phi) is 6.09. The SMILES string of the molecule is CCn1cc(Nc2nc(-c3cccc(OCC(=O)NC(C)(C)C)c3)nc3c2COC3)cn1. The number of hydrogen-bond acceptors (Lipinski definition) is 7. The first-order valence-corrected chi connectivity index (χ1v) is 10.6. The molecular formula is C23H28N6O3. The van der Waals surface area contributed by atoms with Crippen molar-refractivity contribution in [1.29, 1.82) is 0 Å². The number of carbonyl (C=O) groups is 1. The minimum atomic E-state index is -0.306. The van der Waals surface area contributed by atoms with Gasteiger partial charge in [-0.1, -0.05) is 12.1 Å². The van der Waals surface area contributed by atoms with E-state index in [1.165, 1.54) is 0 Å². The Hall–Kier alpha value is -3.46. The largest absolute Gasteiger partial charge is 0.484 e. The van der Waals surface area contributed by atoms with Crippen LogP contribution in [0.1, 0.15) is 39.0 Å². The number of aromatic nitrogens is 4. The van der Waals surface area contributed by atoms with Crippen molar-refractivity contribution >= 4 is 17.4 Å². The van der Waals surface area contributed by atoms with Crippen LogP contribution in [0.15, 0.2) is 36.7 Å². The molecule has 3 heterocycles. The van der Waals surface area contributed by atoms with Crippen LogP contribution < -0.4 is 15.4 Å². The lowest BCUT2D eigenvalue weighted by Gasteiger charge is -2.20. The lowest BCUT2D eigenvalue weighted by molar-refractivity contribution is -0.124. The molecule has 0 saturated carbocycles. The van der Waals surface area contributed by atoms with E-state index in [0.29, 0.717) is 30.6 Å². The lowest BCUT2D eigenvalue weighted by Crippen LogP contribution is -2.43. The fraction of sp³-hybridized carbons (Fsp3) is 0.391. The second-order valence-corrected chi connectivity index (χ2v) is 8.64. The topological polar surface area (TPSA) is 103 Å². The van der Waals surface area contributed by atoms with Crippen LogP contribution in [0.2, 0.25) is 0 Å². The molecule has 0 saturated heterocycles. The smallest absolute Gasteiger partial charge is 0.258 e. The predicted molar refractivity (Wildman–Crippen MR) is 121 cm³/mol. The van der Waals surface area contributed by atoms with Crippen molar-refractivity contribution in [2.45, 2.75) is 53.0 Å². The van der Waals surface area contributed by atoms with Gasteiger partial charge in [-0.25, -0.2) is 9.97 Å². The highest BCUT2D eigenvalue weighted by atomic mass is 16.5. The molecule has 2 aromatic heterocycles. The quantitative estimate of drug-likeness (QED) is 0.585. The normalized spacial score (nSPS) is 13.0. The third-order valence-corrected chi connectivity index (χ3v) is 4.77. The molecule has 0 bridgehead atoms. The highest BCUT2D eigenvalue weighted by molar-refractivity contribution is 5.78. The van der Waals surface area contributed by atoms with Crippen LogP contribution in [0.4, 0.5) is 11.5 Å². The molecule has 0 radical (unpaired) electrons. The van der Waals surface area contributed by atoms with Crippen LogP contribution in [0.3, 0.4) is 0 Å². The summed E-state index contributed by atoms with van der Waals surface area (Å²) in [5, 5.41) is 10.5. The maximum Gasteiger partial charge on any atom is 0.258 e. The van der Waals surface area contributed by atoms with Crippen molar-refractivity contribution in [3.63, 3.8) is 0 Å². The number of amides is 1. The van der Waals surface area contributed by atoms with Gasteiger partial charge in [0.1, 0.15) is 11.6 Å². The van der Waals surface area contributed by atoms with E-state index in [2.05, 4.69) is 15.7 Å². The summed E-state index contributed by atoms with van der Waals surface area (Å²) in [5.41, 5.74) is 3.15. The van der Waals surface area contributed by atoms with E-state index in [1.807, 2.05) is 62.8 Å². The van der Waals surface area contributed by atoms with Gasteiger partial charge in [-0.05, 0) is 39.8 Å². The molecule has 3 aromatic rings. The molecule has 1 aliphatic heterocycles. The molecule has 32 heavy (non-hydrogen) atoms. The molecule has 9 heteroatoms. The van der Waals surface area contributed by atoms with Gasteiger partial charge in [0, 0.05) is 29.4 Å². The number of carbonyl (C=O) groups excluding carboxylic acids is 1. The minimum absolute atomic E-state index is 0.0617. The number of ether oxygens (including phenoxy) is 2. The Morgan fingerprint density at radius 2 is 2.09 bits per heavy atom. The van der Waals surface area contributed by atoms with Gasteiger partial charge in [-0.2, -0.15) is 5.10 Å². The van der Waals surface area contributed by atoms with Crippen molar-refractivity contribution in [2.24, 2.45) is 0 Å². The molecule has 0 atom stereocenters. The fourth-order valence-corrected chi connectivity index (χ4v) is 3.35. The van der Waals surface area contributed by atoms with Crippen LogP contribution in [0.25, 0.3) is 11.4 Å². The zero-order chi connectivity index (χ0) is 22.7. The molecule has 0 unspecified atom stereocenters. The number of aryl methyl sites for hydroxylation is 1. The van der Waals surface area contributed by atoms with Gasteiger partial charge in [0.25, 0.3) is 5.91 Å². The van der Waals surface area contributed by atoms with E-state index in [-0.39, 0.29) is 18.1 Å². The third kappa shape index (κ3) is 5.23. The Morgan fingerprint density at radius 3 is 2.84 bits per heavy atom. The highest BCUT2D eigenvalue weighted by Crippen LogP contribution is 2.30. The van der Waals surface area contributed by atoms with Gasteiger partial charge in [-0.15, -0.1) is 0 Å². The Bertz CT molecular complexity index is 1120. The van der Waals surface area contributed by atoms with Gasteiger partial charge in [0.05, 0.1) is 30.8 Å². The average Bonchev–Trinajstić information content (AvgIpc) is 3.40. The van der Waals surface area contributed by atoms with E-state index >= 15 is 0 Å². The number of benzene rings is 1. The predicted octanol–water partition coefficient (Wildman–Crippen LogP) is 3.43. The van der Waals surface area contributed by atoms with Gasteiger partial charge in [0.2, 0.25) is 0 Å². The monoisotopic (exact) mass is 436 g/mol. The van der Waals surface area contributed by atoms with E-state index in [9.17, 15) is 4.79 Å². The summed E-state index contributed by atoms with van der Waals surface area (Å²) in [6.07, 6.45) is 3.70. The highest BCUT2D eigenvalue weighted by Gasteiger charge is 2.21. The van der Waals surface area contributed by atoms with Crippen LogP contribution in [-0.4, -0.2) is 37.8 Å². The number of fused-ring (bicyclic) bond motifs is 1. The molecule has 1 amide bonds. The number of anilines is 2. The van der Waals surface area contributed by atoms with Gasteiger partial charge < -0.3 is 20.1 Å². The molecule has 0 fully saturated rings. The van der Waals surface area contributed by atoms with Crippen molar-refractivity contribution < 1.29 is 14.3 Å². The molecule has 0 aliphatic carbocycles. The molecule has 2 N–H and O–H groups in total. The Labute approximate surface area is 187 Å². The first-order valence-electron chi connectivity index (χ1n) is 10.6. The summed E-state index contributed by atoms with van der Waals surface area (Å²) in [4.78, 5) is 21.5. The second-order valence-electron chi connectivity index (χ2n) is 8.64. The first-order chi connectivity index (χ1) is 15.3. The summed E-state index contributed by atoms with van der Waals surface area (Å²) < 4.78 is 13.1. The minimum Gasteiger partial charge on any atom is -0.484 e. The summed E-state index contributed by atoms with van der Waals surface area (Å²) in [7, 11) is 0. The molecule has 1 aromatic carbocycles. The van der Waals surface area contributed by atoms with Crippen LogP contribution in [0, 0.1) is 0 Å². The molecule has 1 aliphatic rings. The van der Waals surface area contributed by atoms with E-state index < -0.39 is 0 Å². The van der Waals surface area contributed by atoms with E-state index in [4.69, 9.17) is 19.4 Å². The summed E-state index contributed by atoms with van der Waals surface area (Å²) >= 11 is 0. The van der Waals surface area contributed by atoms with E-state index in [1.54, 1.807) is 6.20 Å². The van der Waals surface area contributed by atoms with Crippen molar-refractivity contribution in [1.82, 2.24) is 25.1 Å². The average molecular weight is 437 g/mol. The molecule has 0 spiro atoms. The first kappa shape index (κ1) is 21.8. The van der Waals surface area contributed by atoms with Crippen LogP contribution >= 0.6 is 0 Å². The third-order valence-electron chi connectivity index (χ3n) is 4.77. The molecular weight excluding hydrogens is 408 g/mol. The second kappa shape index (κ2) is 8.96. The Morgan fingerprint density at radius 1 is 1.25 bits per heavy atom. The number of nitrogens with zero attached hydrogens (tertiary/aromatic N) is 4. The van der Waals surface area contributed by atoms with Crippen molar-refractivity contribution in [3.8, 4) is 17.1 Å². The standard InChI is InChI=1S/C23H28N6O3/c1-5-29-11-16(10-24-29)25-22-18-12-31-13-19(18)26-21(27-22)15-7-6-8-17(9-15)32-14-20(30)28-23(2,3)4/h6-11H,5,12-14H2,1-4H3,(H,28,30)(H,25,26,27). The summed E-state index contributed by atoms with van der Waals surface area (Å²) in [6, 6.07) is 7.42. The number of nitrogens with one attached hydrogen (secondary N) is 2.